The Bertz CT molecular complexity index is 1650. The van der Waals surface area contributed by atoms with Crippen molar-refractivity contribution >= 4 is 11.7 Å². The molecule has 3 heterocycles. The summed E-state index contributed by atoms with van der Waals surface area (Å²) in [5.41, 5.74) is 6.76. The van der Waals surface area contributed by atoms with Crippen LogP contribution in [0.1, 0.15) is 53.9 Å². The monoisotopic (exact) mass is 531 g/mol. The van der Waals surface area contributed by atoms with Crippen LogP contribution in [0.4, 0.5) is 10.5 Å². The van der Waals surface area contributed by atoms with Crippen molar-refractivity contribution in [3.05, 3.63) is 125 Å². The van der Waals surface area contributed by atoms with Crippen molar-refractivity contribution < 1.29 is 9.53 Å². The Morgan fingerprint density at radius 2 is 1.68 bits per heavy atom. The van der Waals surface area contributed by atoms with Gasteiger partial charge in [0.2, 0.25) is 0 Å². The average molecular weight is 532 g/mol. The zero-order valence-electron chi connectivity index (χ0n) is 23.2. The Morgan fingerprint density at radius 3 is 2.40 bits per heavy atom. The number of hydrogen-bond acceptors (Lipinski definition) is 3. The maximum absolute atomic E-state index is 14.2. The molecule has 202 valence electrons. The third-order valence-electron chi connectivity index (χ3n) is 7.62. The van der Waals surface area contributed by atoms with Crippen molar-refractivity contribution in [3.8, 4) is 17.3 Å². The molecule has 5 aromatic rings. The zero-order chi connectivity index (χ0) is 27.8. The van der Waals surface area contributed by atoms with E-state index in [0.29, 0.717) is 23.9 Å². The van der Waals surface area contributed by atoms with Gasteiger partial charge in [0.15, 0.2) is 0 Å². The summed E-state index contributed by atoms with van der Waals surface area (Å²) < 4.78 is 9.69. The first-order chi connectivity index (χ1) is 19.5. The maximum Gasteiger partial charge on any atom is 0.323 e. The summed E-state index contributed by atoms with van der Waals surface area (Å²) in [7, 11) is 1.61. The number of para-hydroxylation sites is 3. The minimum Gasteiger partial charge on any atom is -0.495 e. The van der Waals surface area contributed by atoms with Crippen LogP contribution < -0.4 is 10.1 Å². The highest BCUT2D eigenvalue weighted by molar-refractivity contribution is 5.91. The van der Waals surface area contributed by atoms with Crippen LogP contribution >= 0.6 is 0 Å². The summed E-state index contributed by atoms with van der Waals surface area (Å²) >= 11 is 0. The SMILES string of the molecule is COc1ccccc1NC(=O)N1Cc2c(C)nn(-c3ccccc3)c2-n2cccc2[C@H]1c1ccc(C(C)C)cc1. The number of methoxy groups -OCH3 is 1. The fourth-order valence-corrected chi connectivity index (χ4v) is 5.50. The molecule has 3 aromatic carbocycles. The van der Waals surface area contributed by atoms with Crippen LogP contribution in [-0.4, -0.2) is 32.4 Å². The van der Waals surface area contributed by atoms with Gasteiger partial charge in [0.05, 0.1) is 42.5 Å². The lowest BCUT2D eigenvalue weighted by atomic mass is 9.97. The predicted molar refractivity (Wildman–Crippen MR) is 158 cm³/mol. The van der Waals surface area contributed by atoms with Gasteiger partial charge in [-0.3, -0.25) is 0 Å². The minimum atomic E-state index is -0.332. The van der Waals surface area contributed by atoms with Crippen LogP contribution in [0, 0.1) is 6.92 Å². The van der Waals surface area contributed by atoms with Gasteiger partial charge in [-0.1, -0.05) is 68.4 Å². The van der Waals surface area contributed by atoms with Crippen LogP contribution in [-0.2, 0) is 6.54 Å². The number of ether oxygens (including phenoxy) is 1. The Balaban J connectivity index is 1.52. The fraction of sp³-hybridized carbons (Fsp3) is 0.212. The van der Waals surface area contributed by atoms with Crippen molar-refractivity contribution in [2.45, 2.75) is 39.3 Å². The Kier molecular flexibility index (Phi) is 6.64. The van der Waals surface area contributed by atoms with E-state index < -0.39 is 0 Å². The second-order valence-electron chi connectivity index (χ2n) is 10.4. The van der Waals surface area contributed by atoms with Crippen LogP contribution in [0.2, 0.25) is 0 Å². The molecule has 1 N–H and O–H groups in total. The van der Waals surface area contributed by atoms with E-state index in [-0.39, 0.29) is 12.1 Å². The summed E-state index contributed by atoms with van der Waals surface area (Å²) in [6, 6.07) is 29.8. The quantitative estimate of drug-likeness (QED) is 0.260. The standard InChI is InChI=1S/C33H33N5O2/c1-22(2)24-16-18-25(19-17-24)31-29-14-10-20-36(29)32-27(23(3)35-38(32)26-11-6-5-7-12-26)21-37(31)33(39)34-28-13-8-9-15-30(28)40-4/h5-20,22,31H,21H2,1-4H3,(H,34,39)/t31-/m1/s1. The van der Waals surface area contributed by atoms with Gasteiger partial charge >= 0.3 is 6.03 Å². The third kappa shape index (κ3) is 4.43. The number of carbonyl (C=O) groups excluding carboxylic acids is 1. The smallest absolute Gasteiger partial charge is 0.323 e. The number of fused-ring (bicyclic) bond motifs is 3. The Labute approximate surface area is 234 Å². The number of rotatable bonds is 5. The molecule has 0 radical (unpaired) electrons. The molecule has 1 aliphatic rings. The normalized spacial score (nSPS) is 14.4. The molecule has 0 aliphatic carbocycles. The summed E-state index contributed by atoms with van der Waals surface area (Å²) in [6.45, 7) is 6.77. The second kappa shape index (κ2) is 10.4. The molecule has 1 aliphatic heterocycles. The molecule has 40 heavy (non-hydrogen) atoms. The van der Waals surface area contributed by atoms with Gasteiger partial charge in [-0.2, -0.15) is 5.10 Å². The van der Waals surface area contributed by atoms with Gasteiger partial charge in [0.1, 0.15) is 11.6 Å². The minimum absolute atomic E-state index is 0.213. The van der Waals surface area contributed by atoms with Crippen molar-refractivity contribution in [1.82, 2.24) is 19.2 Å². The predicted octanol–water partition coefficient (Wildman–Crippen LogP) is 7.24. The number of aromatic nitrogens is 3. The molecule has 0 fully saturated rings. The number of amides is 2. The molecular weight excluding hydrogens is 498 g/mol. The van der Waals surface area contributed by atoms with Crippen LogP contribution in [0.15, 0.2) is 97.2 Å². The highest BCUT2D eigenvalue weighted by atomic mass is 16.5. The van der Waals surface area contributed by atoms with E-state index >= 15 is 0 Å². The lowest BCUT2D eigenvalue weighted by molar-refractivity contribution is 0.194. The number of nitrogens with one attached hydrogen (secondary N) is 1. The number of benzene rings is 3. The van der Waals surface area contributed by atoms with Gasteiger partial charge in [-0.05, 0) is 60.4 Å². The van der Waals surface area contributed by atoms with Crippen molar-refractivity contribution in [3.63, 3.8) is 0 Å². The number of carbonyl (C=O) groups is 1. The molecule has 7 heteroatoms. The van der Waals surface area contributed by atoms with Gasteiger partial charge in [0.25, 0.3) is 0 Å². The van der Waals surface area contributed by atoms with E-state index in [0.717, 1.165) is 34.0 Å². The summed E-state index contributed by atoms with van der Waals surface area (Å²) in [5, 5.41) is 8.06. The highest BCUT2D eigenvalue weighted by Crippen LogP contribution is 2.39. The van der Waals surface area contributed by atoms with Crippen LogP contribution in [0.5, 0.6) is 5.75 Å². The first kappa shape index (κ1) is 25.5. The van der Waals surface area contributed by atoms with Crippen molar-refractivity contribution in [2.24, 2.45) is 0 Å². The molecule has 2 amide bonds. The van der Waals surface area contributed by atoms with Gasteiger partial charge in [-0.25, -0.2) is 9.48 Å². The lowest BCUT2D eigenvalue weighted by Crippen LogP contribution is -2.38. The molecule has 1 atom stereocenters. The lowest BCUT2D eigenvalue weighted by Gasteiger charge is -2.31. The summed E-state index contributed by atoms with van der Waals surface area (Å²) in [6.07, 6.45) is 2.06. The van der Waals surface area contributed by atoms with Crippen LogP contribution in [0.25, 0.3) is 11.5 Å². The fourth-order valence-electron chi connectivity index (χ4n) is 5.50. The van der Waals surface area contributed by atoms with Gasteiger partial charge in [0, 0.05) is 11.8 Å². The molecule has 6 rings (SSSR count). The Morgan fingerprint density at radius 1 is 0.950 bits per heavy atom. The van der Waals surface area contributed by atoms with Gasteiger partial charge < -0.3 is 19.5 Å². The van der Waals surface area contributed by atoms with Gasteiger partial charge in [-0.15, -0.1) is 0 Å². The third-order valence-corrected chi connectivity index (χ3v) is 7.62. The molecule has 0 saturated heterocycles. The van der Waals surface area contributed by atoms with E-state index in [4.69, 9.17) is 9.84 Å². The first-order valence-electron chi connectivity index (χ1n) is 13.6. The molecule has 0 unspecified atom stereocenters. The highest BCUT2D eigenvalue weighted by Gasteiger charge is 2.36. The average Bonchev–Trinajstić information content (AvgIpc) is 3.54. The van der Waals surface area contributed by atoms with E-state index in [1.807, 2.05) is 65.0 Å². The molecule has 7 nitrogen and oxygen atoms in total. The molecular formula is C33H33N5O2. The number of urea groups is 1. The number of aryl methyl sites for hydroxylation is 1. The van der Waals surface area contributed by atoms with E-state index in [1.54, 1.807) is 7.11 Å². The number of nitrogens with zero attached hydrogens (tertiary/aromatic N) is 4. The zero-order valence-corrected chi connectivity index (χ0v) is 23.2. The summed E-state index contributed by atoms with van der Waals surface area (Å²) in [5.74, 6) is 1.97. The van der Waals surface area contributed by atoms with E-state index in [9.17, 15) is 4.79 Å². The van der Waals surface area contributed by atoms with Crippen molar-refractivity contribution in [1.29, 1.82) is 0 Å². The van der Waals surface area contributed by atoms with E-state index in [2.05, 4.69) is 72.4 Å². The first-order valence-corrected chi connectivity index (χ1v) is 13.6. The second-order valence-corrected chi connectivity index (χ2v) is 10.4. The Hall–Kier alpha value is -4.78. The molecule has 0 spiro atoms. The molecule has 0 bridgehead atoms. The molecule has 2 aromatic heterocycles. The van der Waals surface area contributed by atoms with E-state index in [1.165, 1.54) is 5.56 Å². The van der Waals surface area contributed by atoms with Crippen LogP contribution in [0.3, 0.4) is 0 Å². The topological polar surface area (TPSA) is 64.3 Å². The summed E-state index contributed by atoms with van der Waals surface area (Å²) in [4.78, 5) is 16.1. The number of anilines is 1. The largest absolute Gasteiger partial charge is 0.495 e. The number of hydrogen-bond donors (Lipinski definition) is 1. The maximum atomic E-state index is 14.2. The van der Waals surface area contributed by atoms with Crippen molar-refractivity contribution in [2.75, 3.05) is 12.4 Å². The molecule has 0 saturated carbocycles.